The minimum Gasteiger partial charge on any atom is -0.393 e. The van der Waals surface area contributed by atoms with Gasteiger partial charge in [0.25, 0.3) is 0 Å². The van der Waals surface area contributed by atoms with Crippen molar-refractivity contribution in [3.8, 4) is 0 Å². The van der Waals surface area contributed by atoms with Crippen LogP contribution in [0.25, 0.3) is 10.9 Å². The van der Waals surface area contributed by atoms with Gasteiger partial charge in [-0.3, -0.25) is 4.90 Å². The number of pyridine rings is 2. The van der Waals surface area contributed by atoms with E-state index in [-0.39, 0.29) is 6.10 Å². The highest BCUT2D eigenvalue weighted by molar-refractivity contribution is 5.89. The maximum Gasteiger partial charge on any atom is 0.229 e. The molecule has 0 bridgehead atoms. The van der Waals surface area contributed by atoms with Crippen LogP contribution in [-0.2, 0) is 6.54 Å². The Balaban J connectivity index is 1.49. The van der Waals surface area contributed by atoms with E-state index in [4.69, 9.17) is 0 Å². The van der Waals surface area contributed by atoms with E-state index in [0.717, 1.165) is 50.0 Å². The lowest BCUT2D eigenvalue weighted by molar-refractivity contribution is 0.0792. The Hall–Kier alpha value is -2.88. The fraction of sp³-hybridized carbons (Fsp3) is 0.500. The molecule has 4 N–H and O–H groups in total. The molecule has 1 aliphatic heterocycles. The van der Waals surface area contributed by atoms with E-state index in [1.807, 2.05) is 24.4 Å². The Labute approximate surface area is 194 Å². The molecule has 4 heterocycles. The molecular weight excluding hydrogens is 418 g/mol. The molecule has 3 aromatic heterocycles. The van der Waals surface area contributed by atoms with Gasteiger partial charge in [0.1, 0.15) is 11.3 Å². The number of likely N-dealkylation sites (tertiary alicyclic amines) is 1. The van der Waals surface area contributed by atoms with Gasteiger partial charge in [-0.25, -0.2) is 19.9 Å². The van der Waals surface area contributed by atoms with E-state index in [1.54, 1.807) is 13.1 Å². The molecule has 1 fully saturated rings. The van der Waals surface area contributed by atoms with Crippen molar-refractivity contribution in [1.82, 2.24) is 24.8 Å². The van der Waals surface area contributed by atoms with Crippen molar-refractivity contribution in [2.24, 2.45) is 5.92 Å². The van der Waals surface area contributed by atoms with E-state index in [2.05, 4.69) is 49.3 Å². The molecule has 1 aliphatic rings. The Bertz CT molecular complexity index is 1060. The van der Waals surface area contributed by atoms with Gasteiger partial charge in [-0.15, -0.1) is 0 Å². The maximum absolute atomic E-state index is 10.0. The first-order valence-corrected chi connectivity index (χ1v) is 11.6. The second-order valence-electron chi connectivity index (χ2n) is 9.16. The van der Waals surface area contributed by atoms with Crippen LogP contribution in [0.4, 0.5) is 17.6 Å². The molecule has 0 aromatic carbocycles. The van der Waals surface area contributed by atoms with Gasteiger partial charge in [-0.05, 0) is 43.4 Å². The van der Waals surface area contributed by atoms with Gasteiger partial charge in [0.2, 0.25) is 5.95 Å². The number of aliphatic hydroxyl groups is 2. The first kappa shape index (κ1) is 23.3. The first-order chi connectivity index (χ1) is 15.9. The average Bonchev–Trinajstić information content (AvgIpc) is 2.80. The van der Waals surface area contributed by atoms with Gasteiger partial charge in [0.15, 0.2) is 5.82 Å². The molecule has 0 radical (unpaired) electrons. The van der Waals surface area contributed by atoms with Crippen LogP contribution in [0, 0.1) is 5.92 Å². The Morgan fingerprint density at radius 2 is 1.88 bits per heavy atom. The summed E-state index contributed by atoms with van der Waals surface area (Å²) in [6.45, 7) is 9.33. The van der Waals surface area contributed by atoms with Crippen molar-refractivity contribution in [3.05, 3.63) is 41.9 Å². The highest BCUT2D eigenvalue weighted by Crippen LogP contribution is 2.25. The Kier molecular flexibility index (Phi) is 7.32. The molecule has 0 amide bonds. The molecule has 1 saturated heterocycles. The normalized spacial score (nSPS) is 16.3. The van der Waals surface area contributed by atoms with Gasteiger partial charge in [0.05, 0.1) is 17.9 Å². The number of hydrogen-bond acceptors (Lipinski definition) is 9. The molecule has 0 unspecified atom stereocenters. The minimum absolute atomic E-state index is 0.164. The number of hydrogen-bond donors (Lipinski definition) is 4. The Morgan fingerprint density at radius 3 is 2.55 bits per heavy atom. The first-order valence-electron chi connectivity index (χ1n) is 11.6. The van der Waals surface area contributed by atoms with E-state index in [1.165, 1.54) is 0 Å². The third kappa shape index (κ3) is 6.13. The third-order valence-corrected chi connectivity index (χ3v) is 5.72. The lowest BCUT2D eigenvalue weighted by Crippen LogP contribution is -2.35. The van der Waals surface area contributed by atoms with E-state index in [0.29, 0.717) is 34.7 Å². The van der Waals surface area contributed by atoms with E-state index in [9.17, 15) is 10.2 Å². The summed E-state index contributed by atoms with van der Waals surface area (Å²) in [6, 6.07) is 5.79. The smallest absolute Gasteiger partial charge is 0.229 e. The summed E-state index contributed by atoms with van der Waals surface area (Å²) < 4.78 is 0. The molecule has 0 spiro atoms. The van der Waals surface area contributed by atoms with Crippen LogP contribution < -0.4 is 10.6 Å². The number of nitrogens with zero attached hydrogens (tertiary/aromatic N) is 5. The van der Waals surface area contributed by atoms with Gasteiger partial charge >= 0.3 is 0 Å². The predicted octanol–water partition coefficient (Wildman–Crippen LogP) is 3.24. The monoisotopic (exact) mass is 451 g/mol. The quantitative estimate of drug-likeness (QED) is 0.409. The summed E-state index contributed by atoms with van der Waals surface area (Å²) in [5, 5.41) is 27.0. The second kappa shape index (κ2) is 10.4. The number of rotatable bonds is 8. The van der Waals surface area contributed by atoms with Crippen LogP contribution in [0.15, 0.2) is 30.6 Å². The summed E-state index contributed by atoms with van der Waals surface area (Å²) in [4.78, 5) is 20.5. The number of nitrogens with one attached hydrogen (secondary N) is 2. The highest BCUT2D eigenvalue weighted by atomic mass is 16.3. The zero-order chi connectivity index (χ0) is 23.4. The van der Waals surface area contributed by atoms with E-state index >= 15 is 0 Å². The lowest BCUT2D eigenvalue weighted by Gasteiger charge is -2.29. The molecule has 176 valence electrons. The van der Waals surface area contributed by atoms with Crippen LogP contribution in [0.5, 0.6) is 0 Å². The van der Waals surface area contributed by atoms with Crippen LogP contribution >= 0.6 is 0 Å². The van der Waals surface area contributed by atoms with Crippen molar-refractivity contribution in [2.75, 3.05) is 30.3 Å². The third-order valence-electron chi connectivity index (χ3n) is 5.72. The summed E-state index contributed by atoms with van der Waals surface area (Å²) >= 11 is 0. The second-order valence-corrected chi connectivity index (χ2v) is 9.16. The number of fused-ring (bicyclic) bond motifs is 1. The molecule has 33 heavy (non-hydrogen) atoms. The van der Waals surface area contributed by atoms with Crippen molar-refractivity contribution >= 4 is 28.5 Å². The molecule has 3 aromatic rings. The van der Waals surface area contributed by atoms with Gasteiger partial charge in [-0.1, -0.05) is 19.9 Å². The average molecular weight is 452 g/mol. The van der Waals surface area contributed by atoms with Crippen LogP contribution in [0.1, 0.15) is 51.0 Å². The molecular formula is C24H33N7O2. The summed E-state index contributed by atoms with van der Waals surface area (Å²) in [7, 11) is 0. The zero-order valence-electron chi connectivity index (χ0n) is 19.5. The van der Waals surface area contributed by atoms with Gasteiger partial charge < -0.3 is 20.8 Å². The maximum atomic E-state index is 10.0. The van der Waals surface area contributed by atoms with Crippen LogP contribution in [0.3, 0.4) is 0 Å². The highest BCUT2D eigenvalue weighted by Gasteiger charge is 2.17. The van der Waals surface area contributed by atoms with Crippen LogP contribution in [0.2, 0.25) is 0 Å². The molecule has 0 aliphatic carbocycles. The SMILES string of the molecule is CC(C)CNc1nc([C@@H](C)O)cc2cnc(Nc3ccc(CN4CCC(O)CC4)cn3)nc12. The standard InChI is InChI=1S/C24H33N7O2/c1-15(2)11-26-23-22-18(10-20(28-23)16(3)32)13-27-24(30-22)29-21-5-4-17(12-25-21)14-31-8-6-19(33)7-9-31/h4-5,10,12-13,15-16,19,32-33H,6-9,11,14H2,1-3H3,(H,26,28)(H,25,27,29,30)/t16-/m1/s1. The summed E-state index contributed by atoms with van der Waals surface area (Å²) in [5.74, 6) is 2.18. The lowest BCUT2D eigenvalue weighted by atomic mass is 10.1. The van der Waals surface area contributed by atoms with Crippen molar-refractivity contribution in [3.63, 3.8) is 0 Å². The van der Waals surface area contributed by atoms with Crippen molar-refractivity contribution in [2.45, 2.75) is 52.4 Å². The number of piperidine rings is 1. The fourth-order valence-corrected chi connectivity index (χ4v) is 3.80. The summed E-state index contributed by atoms with van der Waals surface area (Å²) in [6.07, 6.45) is 4.41. The number of anilines is 3. The fourth-order valence-electron chi connectivity index (χ4n) is 3.80. The Morgan fingerprint density at radius 1 is 1.09 bits per heavy atom. The van der Waals surface area contributed by atoms with E-state index < -0.39 is 6.10 Å². The van der Waals surface area contributed by atoms with Crippen LogP contribution in [-0.4, -0.2) is 60.8 Å². The molecule has 9 heteroatoms. The molecule has 9 nitrogen and oxygen atoms in total. The summed E-state index contributed by atoms with van der Waals surface area (Å²) in [5.41, 5.74) is 2.41. The molecule has 4 rings (SSSR count). The minimum atomic E-state index is -0.676. The van der Waals surface area contributed by atoms with Crippen molar-refractivity contribution < 1.29 is 10.2 Å². The number of aromatic nitrogens is 4. The zero-order valence-corrected chi connectivity index (χ0v) is 19.5. The predicted molar refractivity (Wildman–Crippen MR) is 129 cm³/mol. The van der Waals surface area contributed by atoms with Gasteiger partial charge in [-0.2, -0.15) is 0 Å². The van der Waals surface area contributed by atoms with Gasteiger partial charge in [0, 0.05) is 44.0 Å². The number of aliphatic hydroxyl groups excluding tert-OH is 2. The van der Waals surface area contributed by atoms with Crippen molar-refractivity contribution in [1.29, 1.82) is 0 Å². The topological polar surface area (TPSA) is 119 Å². The largest absolute Gasteiger partial charge is 0.393 e. The molecule has 1 atom stereocenters. The molecule has 0 saturated carbocycles.